The van der Waals surface area contributed by atoms with E-state index in [9.17, 15) is 13.2 Å². The van der Waals surface area contributed by atoms with Crippen molar-refractivity contribution in [3.05, 3.63) is 11.5 Å². The molecule has 0 spiro atoms. The molecular formula is C11H20N2O3S. The molecule has 0 aromatic heterocycles. The molecule has 0 saturated carbocycles. The lowest BCUT2D eigenvalue weighted by atomic mass is 9.97. The van der Waals surface area contributed by atoms with E-state index in [4.69, 9.17) is 0 Å². The summed E-state index contributed by atoms with van der Waals surface area (Å²) in [4.78, 5) is 11.8. The average Bonchev–Trinajstić information content (AvgIpc) is 2.27. The standard InChI is InChI=1S/C11H20N2O3S/c1-9(5-8-17(2,15)16)13-11(14)10-3-6-12-7-4-10/h5,8-10,12H,3-4,6-7H2,1-2H3,(H,13,14)/b8-5-/t9-/m0/s1. The second-order valence-corrected chi connectivity index (χ2v) is 6.41. The number of carbonyl (C=O) groups excluding carboxylic acids is 1. The quantitative estimate of drug-likeness (QED) is 0.749. The average molecular weight is 260 g/mol. The Morgan fingerprint density at radius 2 is 2.00 bits per heavy atom. The molecular weight excluding hydrogens is 240 g/mol. The zero-order valence-corrected chi connectivity index (χ0v) is 11.1. The van der Waals surface area contributed by atoms with Crippen molar-refractivity contribution < 1.29 is 13.2 Å². The fraction of sp³-hybridized carbons (Fsp3) is 0.727. The monoisotopic (exact) mass is 260 g/mol. The van der Waals surface area contributed by atoms with Crippen molar-refractivity contribution in [2.45, 2.75) is 25.8 Å². The number of rotatable bonds is 4. The minimum Gasteiger partial charge on any atom is -0.350 e. The van der Waals surface area contributed by atoms with Crippen LogP contribution in [-0.4, -0.2) is 39.7 Å². The highest BCUT2D eigenvalue weighted by molar-refractivity contribution is 7.93. The molecule has 1 heterocycles. The zero-order chi connectivity index (χ0) is 12.9. The third-order valence-corrected chi connectivity index (χ3v) is 3.35. The molecule has 5 nitrogen and oxygen atoms in total. The van der Waals surface area contributed by atoms with Crippen LogP contribution in [0.15, 0.2) is 11.5 Å². The predicted molar refractivity (Wildman–Crippen MR) is 67.2 cm³/mol. The largest absolute Gasteiger partial charge is 0.350 e. The number of piperidine rings is 1. The number of hydrogen-bond donors (Lipinski definition) is 2. The summed E-state index contributed by atoms with van der Waals surface area (Å²) < 4.78 is 21.8. The van der Waals surface area contributed by atoms with Gasteiger partial charge < -0.3 is 10.6 Å². The first kappa shape index (κ1) is 14.2. The van der Waals surface area contributed by atoms with E-state index in [-0.39, 0.29) is 17.9 Å². The van der Waals surface area contributed by atoms with Crippen LogP contribution in [-0.2, 0) is 14.6 Å². The normalized spacial score (nSPS) is 20.4. The van der Waals surface area contributed by atoms with E-state index in [2.05, 4.69) is 10.6 Å². The Bertz CT molecular complexity index is 384. The fourth-order valence-electron chi connectivity index (χ4n) is 1.74. The van der Waals surface area contributed by atoms with Crippen LogP contribution in [0.1, 0.15) is 19.8 Å². The van der Waals surface area contributed by atoms with Crippen molar-refractivity contribution in [3.8, 4) is 0 Å². The van der Waals surface area contributed by atoms with Crippen molar-refractivity contribution in [1.29, 1.82) is 0 Å². The van der Waals surface area contributed by atoms with Gasteiger partial charge in [-0.2, -0.15) is 0 Å². The van der Waals surface area contributed by atoms with E-state index in [1.807, 2.05) is 0 Å². The number of carbonyl (C=O) groups is 1. The lowest BCUT2D eigenvalue weighted by molar-refractivity contribution is -0.126. The van der Waals surface area contributed by atoms with Crippen LogP contribution >= 0.6 is 0 Å². The summed E-state index contributed by atoms with van der Waals surface area (Å²) in [6, 6.07) is -0.257. The predicted octanol–water partition coefficient (Wildman–Crippen LogP) is 0.0490. The summed E-state index contributed by atoms with van der Waals surface area (Å²) in [6.45, 7) is 3.50. The summed E-state index contributed by atoms with van der Waals surface area (Å²) >= 11 is 0. The van der Waals surface area contributed by atoms with Crippen LogP contribution in [0.5, 0.6) is 0 Å². The topological polar surface area (TPSA) is 75.3 Å². The van der Waals surface area contributed by atoms with Gasteiger partial charge in [0.1, 0.15) is 0 Å². The third-order valence-electron chi connectivity index (χ3n) is 2.69. The van der Waals surface area contributed by atoms with Crippen molar-refractivity contribution in [3.63, 3.8) is 0 Å². The third kappa shape index (κ3) is 5.83. The van der Waals surface area contributed by atoms with Gasteiger partial charge in [0.2, 0.25) is 5.91 Å². The maximum absolute atomic E-state index is 11.8. The molecule has 0 aromatic carbocycles. The van der Waals surface area contributed by atoms with Crippen LogP contribution in [0.25, 0.3) is 0 Å². The molecule has 1 atom stereocenters. The van der Waals surface area contributed by atoms with Crippen molar-refractivity contribution in [2.24, 2.45) is 5.92 Å². The smallest absolute Gasteiger partial charge is 0.223 e. The molecule has 0 aromatic rings. The van der Waals surface area contributed by atoms with Gasteiger partial charge in [-0.25, -0.2) is 8.42 Å². The summed E-state index contributed by atoms with van der Waals surface area (Å²) in [6.07, 6.45) is 4.31. The minimum atomic E-state index is -3.12. The van der Waals surface area contributed by atoms with Gasteiger partial charge in [0, 0.05) is 23.6 Å². The maximum atomic E-state index is 11.8. The van der Waals surface area contributed by atoms with Gasteiger partial charge >= 0.3 is 0 Å². The van der Waals surface area contributed by atoms with E-state index < -0.39 is 9.84 Å². The molecule has 0 unspecified atom stereocenters. The van der Waals surface area contributed by atoms with Gasteiger partial charge in [0.05, 0.1) is 0 Å². The number of nitrogens with one attached hydrogen (secondary N) is 2. The van der Waals surface area contributed by atoms with E-state index in [0.29, 0.717) is 0 Å². The van der Waals surface area contributed by atoms with Crippen LogP contribution in [0.4, 0.5) is 0 Å². The molecule has 1 aliphatic rings. The van der Waals surface area contributed by atoms with E-state index >= 15 is 0 Å². The van der Waals surface area contributed by atoms with Crippen molar-refractivity contribution in [2.75, 3.05) is 19.3 Å². The summed E-state index contributed by atoms with van der Waals surface area (Å²) in [5.41, 5.74) is 0. The zero-order valence-electron chi connectivity index (χ0n) is 10.3. The van der Waals surface area contributed by atoms with Gasteiger partial charge in [-0.3, -0.25) is 4.79 Å². The molecule has 1 fully saturated rings. The first-order valence-electron chi connectivity index (χ1n) is 5.78. The van der Waals surface area contributed by atoms with Gasteiger partial charge in [-0.1, -0.05) is 6.08 Å². The number of hydrogen-bond acceptors (Lipinski definition) is 4. The van der Waals surface area contributed by atoms with Crippen LogP contribution < -0.4 is 10.6 Å². The Morgan fingerprint density at radius 1 is 1.41 bits per heavy atom. The molecule has 0 bridgehead atoms. The van der Waals surface area contributed by atoms with Crippen LogP contribution in [0, 0.1) is 5.92 Å². The molecule has 6 heteroatoms. The lowest BCUT2D eigenvalue weighted by Gasteiger charge is -2.23. The highest BCUT2D eigenvalue weighted by Gasteiger charge is 2.21. The minimum absolute atomic E-state index is 0.0113. The lowest BCUT2D eigenvalue weighted by Crippen LogP contribution is -2.41. The van der Waals surface area contributed by atoms with Crippen LogP contribution in [0.2, 0.25) is 0 Å². The maximum Gasteiger partial charge on any atom is 0.223 e. The van der Waals surface area contributed by atoms with E-state index in [1.165, 1.54) is 6.08 Å². The molecule has 98 valence electrons. The highest BCUT2D eigenvalue weighted by atomic mass is 32.2. The van der Waals surface area contributed by atoms with Crippen LogP contribution in [0.3, 0.4) is 0 Å². The molecule has 17 heavy (non-hydrogen) atoms. The fourth-order valence-corrected chi connectivity index (χ4v) is 2.26. The molecule has 1 rings (SSSR count). The Kier molecular flexibility index (Phi) is 5.14. The molecule has 2 N–H and O–H groups in total. The highest BCUT2D eigenvalue weighted by Crippen LogP contribution is 2.11. The second-order valence-electron chi connectivity index (χ2n) is 4.48. The molecule has 1 aliphatic heterocycles. The van der Waals surface area contributed by atoms with Crippen molar-refractivity contribution >= 4 is 15.7 Å². The van der Waals surface area contributed by atoms with Gasteiger partial charge in [-0.05, 0) is 32.9 Å². The van der Waals surface area contributed by atoms with E-state index in [0.717, 1.165) is 37.6 Å². The Morgan fingerprint density at radius 3 is 2.53 bits per heavy atom. The van der Waals surface area contributed by atoms with Crippen molar-refractivity contribution in [1.82, 2.24) is 10.6 Å². The Labute approximate surface area is 103 Å². The summed E-state index contributed by atoms with van der Waals surface area (Å²) in [5, 5.41) is 7.12. The second kappa shape index (κ2) is 6.16. The van der Waals surface area contributed by atoms with E-state index in [1.54, 1.807) is 6.92 Å². The molecule has 1 saturated heterocycles. The van der Waals surface area contributed by atoms with Gasteiger partial charge in [-0.15, -0.1) is 0 Å². The van der Waals surface area contributed by atoms with Gasteiger partial charge in [0.15, 0.2) is 9.84 Å². The van der Waals surface area contributed by atoms with Gasteiger partial charge in [0.25, 0.3) is 0 Å². The summed E-state index contributed by atoms with van der Waals surface area (Å²) in [5.74, 6) is 0.0579. The Balaban J connectivity index is 2.42. The molecule has 0 radical (unpaired) electrons. The molecule has 0 aliphatic carbocycles. The first-order chi connectivity index (χ1) is 7.88. The SMILES string of the molecule is C[C@@H](/C=C\S(C)(=O)=O)NC(=O)C1CCNCC1. The molecule has 1 amide bonds. The number of amides is 1. The Hall–Kier alpha value is -0.880. The number of sulfone groups is 1. The summed E-state index contributed by atoms with van der Waals surface area (Å²) in [7, 11) is -3.12. The first-order valence-corrected chi connectivity index (χ1v) is 7.73.